The molecule has 2 N–H and O–H groups in total. The molecule has 0 aromatic heterocycles. The number of allylic oxidation sites excluding steroid dienone is 1. The summed E-state index contributed by atoms with van der Waals surface area (Å²) in [4.78, 5) is 0. The van der Waals surface area contributed by atoms with Crippen LogP contribution < -0.4 is 5.73 Å². The number of rotatable bonds is 1. The van der Waals surface area contributed by atoms with Crippen molar-refractivity contribution in [1.29, 1.82) is 0 Å². The van der Waals surface area contributed by atoms with E-state index in [4.69, 9.17) is 10.5 Å². The van der Waals surface area contributed by atoms with Gasteiger partial charge in [0.05, 0.1) is 6.10 Å². The second-order valence-electron chi connectivity index (χ2n) is 9.09. The van der Waals surface area contributed by atoms with E-state index in [1.165, 1.54) is 51.4 Å². The van der Waals surface area contributed by atoms with Crippen LogP contribution in [0, 0.1) is 28.6 Å². The Hall–Kier alpha value is -0.0500. The summed E-state index contributed by atoms with van der Waals surface area (Å²) >= 11 is 0. The lowest BCUT2D eigenvalue weighted by molar-refractivity contribution is -0.0445. The third kappa shape index (κ3) is 2.43. The Kier molecular flexibility index (Phi) is 4.66. The molecule has 3 heteroatoms. The predicted octanol–water partition coefficient (Wildman–Crippen LogP) is 4.71. The first kappa shape index (κ1) is 17.8. The standard InChI is InChI=1S/C20H33NO.ClH/c1-19-10-8-14(22-3)12-13(19)4-5-15-16-6-7-18(21)20(16,2)11-9-17(15)19;/h4,14-18H,5-12,21H2,1-3H3;1H/t14-,15-,16-,17-,18-,19-,20-;/m0./s1. The minimum absolute atomic E-state index is 0. The van der Waals surface area contributed by atoms with Crippen LogP contribution in [0.1, 0.15) is 65.2 Å². The Labute approximate surface area is 148 Å². The molecule has 0 spiro atoms. The van der Waals surface area contributed by atoms with E-state index >= 15 is 0 Å². The quantitative estimate of drug-likeness (QED) is 0.702. The summed E-state index contributed by atoms with van der Waals surface area (Å²) in [6.07, 6.45) is 13.5. The van der Waals surface area contributed by atoms with Crippen molar-refractivity contribution in [3.63, 3.8) is 0 Å². The highest BCUT2D eigenvalue weighted by Gasteiger charge is 2.57. The summed E-state index contributed by atoms with van der Waals surface area (Å²) in [5.74, 6) is 2.66. The maximum atomic E-state index is 6.51. The van der Waals surface area contributed by atoms with Crippen LogP contribution in [-0.4, -0.2) is 19.3 Å². The number of halogens is 1. The predicted molar refractivity (Wildman–Crippen MR) is 97.7 cm³/mol. The molecule has 4 aliphatic rings. The Bertz CT molecular complexity index is 492. The molecule has 3 saturated carbocycles. The van der Waals surface area contributed by atoms with Gasteiger partial charge in [0.1, 0.15) is 0 Å². The molecule has 0 unspecified atom stereocenters. The first-order valence-corrected chi connectivity index (χ1v) is 9.47. The fraction of sp³-hybridized carbons (Fsp3) is 0.900. The topological polar surface area (TPSA) is 35.2 Å². The van der Waals surface area contributed by atoms with E-state index in [1.807, 2.05) is 7.11 Å². The summed E-state index contributed by atoms with van der Waals surface area (Å²) < 4.78 is 5.66. The van der Waals surface area contributed by atoms with Gasteiger partial charge in [-0.25, -0.2) is 0 Å². The van der Waals surface area contributed by atoms with Gasteiger partial charge in [-0.05, 0) is 80.0 Å². The molecule has 0 amide bonds. The maximum Gasteiger partial charge on any atom is 0.0608 e. The van der Waals surface area contributed by atoms with Gasteiger partial charge in [0.15, 0.2) is 0 Å². The van der Waals surface area contributed by atoms with Crippen molar-refractivity contribution >= 4 is 12.4 Å². The third-order valence-electron chi connectivity index (χ3n) is 8.47. The lowest BCUT2D eigenvalue weighted by atomic mass is 9.48. The molecule has 3 fully saturated rings. The molecule has 7 atom stereocenters. The van der Waals surface area contributed by atoms with Crippen molar-refractivity contribution in [3.8, 4) is 0 Å². The fourth-order valence-corrected chi connectivity index (χ4v) is 6.87. The lowest BCUT2D eigenvalue weighted by Crippen LogP contribution is -2.52. The Morgan fingerprint density at radius 3 is 2.61 bits per heavy atom. The number of ether oxygens (including phenoxy) is 1. The lowest BCUT2D eigenvalue weighted by Gasteiger charge is -2.58. The zero-order valence-corrected chi connectivity index (χ0v) is 15.8. The SMILES string of the molecule is CO[C@H]1CC[C@@]2(C)C(=CC[C@H]3[C@@H]4CC[C@H](N)[C@@]4(C)CC[C@@H]32)C1.Cl. The normalized spacial score (nSPS) is 51.8. The molecule has 0 aromatic carbocycles. The highest BCUT2D eigenvalue weighted by Crippen LogP contribution is 2.64. The van der Waals surface area contributed by atoms with Gasteiger partial charge in [0.25, 0.3) is 0 Å². The molecule has 0 heterocycles. The molecular weight excluding hydrogens is 306 g/mol. The average molecular weight is 340 g/mol. The number of methoxy groups -OCH3 is 1. The number of hydrogen-bond acceptors (Lipinski definition) is 2. The minimum atomic E-state index is 0. The molecule has 4 aliphatic carbocycles. The Morgan fingerprint density at radius 2 is 1.87 bits per heavy atom. The fourth-order valence-electron chi connectivity index (χ4n) is 6.87. The van der Waals surface area contributed by atoms with Crippen LogP contribution in [0.2, 0.25) is 0 Å². The van der Waals surface area contributed by atoms with E-state index < -0.39 is 0 Å². The van der Waals surface area contributed by atoms with E-state index in [0.29, 0.717) is 23.0 Å². The van der Waals surface area contributed by atoms with E-state index in [0.717, 1.165) is 17.8 Å². The van der Waals surface area contributed by atoms with Crippen molar-refractivity contribution in [2.24, 2.45) is 34.3 Å². The maximum absolute atomic E-state index is 6.51. The van der Waals surface area contributed by atoms with Gasteiger partial charge >= 0.3 is 0 Å². The van der Waals surface area contributed by atoms with Gasteiger partial charge < -0.3 is 10.5 Å². The Balaban J connectivity index is 0.00000156. The number of fused-ring (bicyclic) bond motifs is 5. The van der Waals surface area contributed by atoms with Gasteiger partial charge in [-0.1, -0.05) is 25.5 Å². The van der Waals surface area contributed by atoms with Crippen LogP contribution in [0.5, 0.6) is 0 Å². The number of nitrogens with two attached hydrogens (primary N) is 1. The first-order valence-electron chi connectivity index (χ1n) is 9.47. The zero-order chi connectivity index (χ0) is 15.5. The smallest absolute Gasteiger partial charge is 0.0608 e. The van der Waals surface area contributed by atoms with Crippen LogP contribution in [0.15, 0.2) is 11.6 Å². The van der Waals surface area contributed by atoms with Crippen LogP contribution in [0.4, 0.5) is 0 Å². The molecule has 0 aliphatic heterocycles. The summed E-state index contributed by atoms with van der Waals surface area (Å²) in [6.45, 7) is 5.06. The van der Waals surface area contributed by atoms with Crippen molar-refractivity contribution in [3.05, 3.63) is 11.6 Å². The van der Waals surface area contributed by atoms with E-state index in [9.17, 15) is 0 Å². The molecule has 0 radical (unpaired) electrons. The van der Waals surface area contributed by atoms with Crippen molar-refractivity contribution in [2.75, 3.05) is 7.11 Å². The summed E-state index contributed by atoms with van der Waals surface area (Å²) in [6, 6.07) is 0.445. The monoisotopic (exact) mass is 339 g/mol. The van der Waals surface area contributed by atoms with Crippen molar-refractivity contribution in [2.45, 2.75) is 77.4 Å². The van der Waals surface area contributed by atoms with Gasteiger partial charge in [-0.3, -0.25) is 0 Å². The summed E-state index contributed by atoms with van der Waals surface area (Å²) in [5, 5.41) is 0. The summed E-state index contributed by atoms with van der Waals surface area (Å²) in [7, 11) is 1.88. The second kappa shape index (κ2) is 6.04. The highest BCUT2D eigenvalue weighted by molar-refractivity contribution is 5.85. The molecule has 0 aromatic rings. The van der Waals surface area contributed by atoms with E-state index in [2.05, 4.69) is 19.9 Å². The molecular formula is C20H34ClNO. The van der Waals surface area contributed by atoms with Crippen molar-refractivity contribution in [1.82, 2.24) is 0 Å². The van der Waals surface area contributed by atoms with Crippen LogP contribution >= 0.6 is 12.4 Å². The molecule has 0 saturated heterocycles. The first-order chi connectivity index (χ1) is 10.5. The van der Waals surface area contributed by atoms with Crippen LogP contribution in [0.3, 0.4) is 0 Å². The average Bonchev–Trinajstić information content (AvgIpc) is 2.82. The molecule has 132 valence electrons. The minimum Gasteiger partial charge on any atom is -0.381 e. The molecule has 2 nitrogen and oxygen atoms in total. The van der Waals surface area contributed by atoms with Gasteiger partial charge in [0, 0.05) is 13.2 Å². The Morgan fingerprint density at radius 1 is 1.09 bits per heavy atom. The molecule has 4 rings (SSSR count). The highest BCUT2D eigenvalue weighted by atomic mass is 35.5. The number of hydrogen-bond donors (Lipinski definition) is 1. The van der Waals surface area contributed by atoms with Gasteiger partial charge in [-0.15, -0.1) is 12.4 Å². The van der Waals surface area contributed by atoms with E-state index in [-0.39, 0.29) is 12.4 Å². The summed E-state index contributed by atoms with van der Waals surface area (Å²) in [5.41, 5.74) is 9.11. The van der Waals surface area contributed by atoms with Gasteiger partial charge in [-0.2, -0.15) is 0 Å². The van der Waals surface area contributed by atoms with E-state index in [1.54, 1.807) is 5.57 Å². The molecule has 23 heavy (non-hydrogen) atoms. The largest absolute Gasteiger partial charge is 0.381 e. The van der Waals surface area contributed by atoms with Crippen molar-refractivity contribution < 1.29 is 4.74 Å². The van der Waals surface area contributed by atoms with Gasteiger partial charge in [0.2, 0.25) is 0 Å². The third-order valence-corrected chi connectivity index (χ3v) is 8.47. The van der Waals surface area contributed by atoms with Crippen LogP contribution in [-0.2, 0) is 4.74 Å². The second-order valence-corrected chi connectivity index (χ2v) is 9.09. The molecule has 0 bridgehead atoms. The van der Waals surface area contributed by atoms with Crippen LogP contribution in [0.25, 0.3) is 0 Å². The zero-order valence-electron chi connectivity index (χ0n) is 15.0.